The fraction of sp³-hybridized carbons (Fsp3) is 0.111. The Bertz CT molecular complexity index is 1580. The quantitative estimate of drug-likeness (QED) is 0.284. The number of hydrogen-bond acceptors (Lipinski definition) is 6. The van der Waals surface area contributed by atoms with E-state index in [0.717, 1.165) is 11.1 Å². The van der Waals surface area contributed by atoms with Crippen LogP contribution >= 0.6 is 11.6 Å². The van der Waals surface area contributed by atoms with Gasteiger partial charge in [0.05, 0.1) is 25.0 Å². The fourth-order valence-electron chi connectivity index (χ4n) is 3.75. The molecule has 0 N–H and O–H groups in total. The number of esters is 1. The van der Waals surface area contributed by atoms with Crippen LogP contribution in [-0.4, -0.2) is 31.7 Å². The maximum atomic E-state index is 13.3. The van der Waals surface area contributed by atoms with Crippen LogP contribution in [0.4, 0.5) is 0 Å². The van der Waals surface area contributed by atoms with E-state index in [4.69, 9.17) is 21.1 Å². The summed E-state index contributed by atoms with van der Waals surface area (Å²) < 4.78 is 13.9. The number of benzene rings is 2. The van der Waals surface area contributed by atoms with Gasteiger partial charge in [0.25, 0.3) is 5.56 Å². The van der Waals surface area contributed by atoms with E-state index < -0.39 is 11.5 Å². The van der Waals surface area contributed by atoms with E-state index in [1.165, 1.54) is 15.3 Å². The van der Waals surface area contributed by atoms with Crippen molar-refractivity contribution in [3.05, 3.63) is 112 Å². The summed E-state index contributed by atoms with van der Waals surface area (Å²) in [6, 6.07) is 21.8. The minimum absolute atomic E-state index is 0.0907. The first-order chi connectivity index (χ1) is 17.5. The average molecular weight is 501 g/mol. The van der Waals surface area contributed by atoms with Gasteiger partial charge in [-0.15, -0.1) is 0 Å². The molecule has 0 aliphatic carbocycles. The third kappa shape index (κ3) is 4.85. The number of carbonyl (C=O) groups excluding carboxylic acids is 1. The zero-order chi connectivity index (χ0) is 25.1. The van der Waals surface area contributed by atoms with Crippen LogP contribution in [0.15, 0.2) is 90.0 Å². The maximum Gasteiger partial charge on any atom is 0.345 e. The first-order valence-electron chi connectivity index (χ1n) is 11.3. The SMILES string of the molecule is CCOC(=O)c1cn2nc(-c3ccc(Oc4ccccn4)cc3)cc2n(Cc2ccc(Cl)cc2)c1=O. The van der Waals surface area contributed by atoms with Crippen LogP contribution in [0.2, 0.25) is 5.02 Å². The van der Waals surface area contributed by atoms with Crippen LogP contribution in [0.25, 0.3) is 16.9 Å². The molecule has 0 bridgehead atoms. The molecule has 0 aliphatic heterocycles. The standard InChI is InChI=1S/C27H21ClN4O4/c1-2-35-27(34)22-17-32-25(31(26(22)33)16-18-6-10-20(28)11-7-18)15-23(30-32)19-8-12-21(13-9-19)36-24-5-3-4-14-29-24/h3-15,17H,2,16H2,1H3. The molecule has 3 aromatic heterocycles. The van der Waals surface area contributed by atoms with Crippen molar-refractivity contribution in [3.63, 3.8) is 0 Å². The van der Waals surface area contributed by atoms with Gasteiger partial charge in [-0.05, 0) is 55.0 Å². The molecule has 8 nitrogen and oxygen atoms in total. The van der Waals surface area contributed by atoms with Gasteiger partial charge in [-0.25, -0.2) is 14.3 Å². The molecule has 0 unspecified atom stereocenters. The summed E-state index contributed by atoms with van der Waals surface area (Å²) in [5.74, 6) is 0.434. The molecular formula is C27H21ClN4O4. The molecule has 3 heterocycles. The first-order valence-corrected chi connectivity index (χ1v) is 11.6. The minimum atomic E-state index is -0.692. The van der Waals surface area contributed by atoms with Gasteiger partial charge in [-0.1, -0.05) is 29.8 Å². The maximum absolute atomic E-state index is 13.3. The van der Waals surface area contributed by atoms with Crippen LogP contribution in [0.3, 0.4) is 0 Å². The second-order valence-corrected chi connectivity index (χ2v) is 8.34. The normalized spacial score (nSPS) is 10.9. The number of carbonyl (C=O) groups is 1. The van der Waals surface area contributed by atoms with Gasteiger partial charge >= 0.3 is 5.97 Å². The highest BCUT2D eigenvalue weighted by molar-refractivity contribution is 6.30. The Hall–Kier alpha value is -4.43. The Labute approximate surface area is 211 Å². The van der Waals surface area contributed by atoms with Gasteiger partial charge in [0.15, 0.2) is 0 Å². The number of aromatic nitrogens is 4. The summed E-state index contributed by atoms with van der Waals surface area (Å²) in [7, 11) is 0. The van der Waals surface area contributed by atoms with E-state index >= 15 is 0 Å². The van der Waals surface area contributed by atoms with Crippen molar-refractivity contribution < 1.29 is 14.3 Å². The molecule has 36 heavy (non-hydrogen) atoms. The molecule has 0 aliphatic rings. The lowest BCUT2D eigenvalue weighted by molar-refractivity contribution is 0.0522. The lowest BCUT2D eigenvalue weighted by atomic mass is 10.1. The third-order valence-corrected chi connectivity index (χ3v) is 5.73. The molecule has 5 rings (SSSR count). The van der Waals surface area contributed by atoms with Crippen molar-refractivity contribution in [2.24, 2.45) is 0 Å². The molecule has 0 amide bonds. The lowest BCUT2D eigenvalue weighted by Gasteiger charge is -2.11. The van der Waals surface area contributed by atoms with Gasteiger partial charge in [-0.2, -0.15) is 5.10 Å². The number of hydrogen-bond donors (Lipinski definition) is 0. The van der Waals surface area contributed by atoms with Crippen molar-refractivity contribution in [3.8, 4) is 22.9 Å². The summed E-state index contributed by atoms with van der Waals surface area (Å²) >= 11 is 6.01. The number of nitrogens with zero attached hydrogens (tertiary/aromatic N) is 4. The van der Waals surface area contributed by atoms with Crippen LogP contribution < -0.4 is 10.3 Å². The molecule has 180 valence electrons. The monoisotopic (exact) mass is 500 g/mol. The van der Waals surface area contributed by atoms with E-state index in [1.807, 2.05) is 48.5 Å². The third-order valence-electron chi connectivity index (χ3n) is 5.48. The van der Waals surface area contributed by atoms with Crippen molar-refractivity contribution in [1.82, 2.24) is 19.2 Å². The van der Waals surface area contributed by atoms with Crippen molar-refractivity contribution in [2.75, 3.05) is 6.61 Å². The van der Waals surface area contributed by atoms with Gasteiger partial charge in [-0.3, -0.25) is 9.36 Å². The summed E-state index contributed by atoms with van der Waals surface area (Å²) in [5, 5.41) is 5.23. The van der Waals surface area contributed by atoms with E-state index in [1.54, 1.807) is 37.4 Å². The molecule has 0 fully saturated rings. The Kier molecular flexibility index (Phi) is 6.51. The van der Waals surface area contributed by atoms with E-state index in [2.05, 4.69) is 10.1 Å². The van der Waals surface area contributed by atoms with E-state index in [0.29, 0.717) is 28.0 Å². The topological polar surface area (TPSA) is 87.7 Å². The van der Waals surface area contributed by atoms with E-state index in [-0.39, 0.29) is 18.7 Å². The van der Waals surface area contributed by atoms with Crippen molar-refractivity contribution >= 4 is 23.2 Å². The van der Waals surface area contributed by atoms with E-state index in [9.17, 15) is 9.59 Å². The zero-order valence-corrected chi connectivity index (χ0v) is 20.1. The second-order valence-electron chi connectivity index (χ2n) is 7.91. The van der Waals surface area contributed by atoms with Gasteiger partial charge in [0.2, 0.25) is 5.88 Å². The molecule has 0 radical (unpaired) electrons. The lowest BCUT2D eigenvalue weighted by Crippen LogP contribution is -2.29. The predicted molar refractivity (Wildman–Crippen MR) is 136 cm³/mol. The average Bonchev–Trinajstić information content (AvgIpc) is 3.32. The Morgan fingerprint density at radius 2 is 1.81 bits per heavy atom. The van der Waals surface area contributed by atoms with Crippen LogP contribution in [-0.2, 0) is 11.3 Å². The molecule has 2 aromatic carbocycles. The first kappa shape index (κ1) is 23.3. The summed E-state index contributed by atoms with van der Waals surface area (Å²) in [6.45, 7) is 2.08. The Morgan fingerprint density at radius 1 is 1.03 bits per heavy atom. The van der Waals surface area contributed by atoms with Crippen LogP contribution in [0.5, 0.6) is 11.6 Å². The Balaban J connectivity index is 1.54. The molecule has 0 atom stereocenters. The van der Waals surface area contributed by atoms with Crippen LogP contribution in [0.1, 0.15) is 22.8 Å². The van der Waals surface area contributed by atoms with Crippen molar-refractivity contribution in [1.29, 1.82) is 0 Å². The number of rotatable bonds is 7. The summed E-state index contributed by atoms with van der Waals surface area (Å²) in [6.07, 6.45) is 3.07. The summed E-state index contributed by atoms with van der Waals surface area (Å²) in [5.41, 5.74) is 2.28. The highest BCUT2D eigenvalue weighted by Gasteiger charge is 2.19. The molecule has 5 aromatic rings. The number of pyridine rings is 1. The highest BCUT2D eigenvalue weighted by Crippen LogP contribution is 2.25. The molecule has 0 spiro atoms. The zero-order valence-electron chi connectivity index (χ0n) is 19.3. The summed E-state index contributed by atoms with van der Waals surface area (Å²) in [4.78, 5) is 30.0. The number of ether oxygens (including phenoxy) is 2. The number of halogens is 1. The Morgan fingerprint density at radius 3 is 2.50 bits per heavy atom. The molecule has 0 saturated carbocycles. The van der Waals surface area contributed by atoms with Gasteiger partial charge < -0.3 is 9.47 Å². The second kappa shape index (κ2) is 10.1. The minimum Gasteiger partial charge on any atom is -0.462 e. The van der Waals surface area contributed by atoms with Gasteiger partial charge in [0.1, 0.15) is 17.0 Å². The molecule has 0 saturated heterocycles. The molecular weight excluding hydrogens is 480 g/mol. The van der Waals surface area contributed by atoms with Gasteiger partial charge in [0, 0.05) is 28.9 Å². The van der Waals surface area contributed by atoms with Crippen LogP contribution in [0, 0.1) is 0 Å². The fourth-order valence-corrected chi connectivity index (χ4v) is 3.87. The van der Waals surface area contributed by atoms with Crippen molar-refractivity contribution in [2.45, 2.75) is 13.5 Å². The largest absolute Gasteiger partial charge is 0.462 e. The smallest absolute Gasteiger partial charge is 0.345 e. The molecule has 9 heteroatoms. The highest BCUT2D eigenvalue weighted by atomic mass is 35.5. The predicted octanol–water partition coefficient (Wildman–Crippen LogP) is 5.23. The number of fused-ring (bicyclic) bond motifs is 1.